The van der Waals surface area contributed by atoms with Crippen LogP contribution in [0.15, 0.2) is 18.2 Å². The molecule has 1 aromatic rings. The Morgan fingerprint density at radius 2 is 2.10 bits per heavy atom. The molecule has 0 saturated heterocycles. The fourth-order valence-electron chi connectivity index (χ4n) is 1.44. The zero-order valence-electron chi connectivity index (χ0n) is 12.0. The van der Waals surface area contributed by atoms with Crippen molar-refractivity contribution in [1.29, 1.82) is 0 Å². The Hall–Kier alpha value is -0.130. The lowest BCUT2D eigenvalue weighted by Gasteiger charge is -2.23. The molecule has 1 rings (SSSR count). The van der Waals surface area contributed by atoms with Gasteiger partial charge in [0.25, 0.3) is 0 Å². The lowest BCUT2D eigenvalue weighted by Crippen LogP contribution is -2.38. The summed E-state index contributed by atoms with van der Waals surface area (Å²) in [7, 11) is 0. The Balaban J connectivity index is 2.33. The number of hydrogen-bond donors (Lipinski definition) is 2. The number of hydrogen-bond acceptors (Lipinski definition) is 4. The lowest BCUT2D eigenvalue weighted by molar-refractivity contribution is 0.106. The van der Waals surface area contributed by atoms with Gasteiger partial charge in [-0.3, -0.25) is 0 Å². The number of nitrogens with one attached hydrogen (secondary N) is 1. The fourth-order valence-corrected chi connectivity index (χ4v) is 2.03. The molecule has 0 aliphatic rings. The summed E-state index contributed by atoms with van der Waals surface area (Å²) in [4.78, 5) is 0. The summed E-state index contributed by atoms with van der Waals surface area (Å²) in [6.07, 6.45) is 1.48. The highest BCUT2D eigenvalue weighted by atomic mass is 35.5. The van der Waals surface area contributed by atoms with Crippen molar-refractivity contribution in [3.8, 4) is 5.75 Å². The minimum atomic E-state index is -0.595. The molecular weight excluding hydrogens is 317 g/mol. The Bertz CT molecular complexity index is 430. The molecular formula is C14H21Cl2NO2S. The van der Waals surface area contributed by atoms with E-state index < -0.39 is 6.10 Å². The van der Waals surface area contributed by atoms with Gasteiger partial charge in [-0.25, -0.2) is 0 Å². The number of ether oxygens (including phenoxy) is 1. The van der Waals surface area contributed by atoms with Gasteiger partial charge in [-0.15, -0.1) is 0 Å². The monoisotopic (exact) mass is 337 g/mol. The van der Waals surface area contributed by atoms with Gasteiger partial charge in [0.2, 0.25) is 0 Å². The van der Waals surface area contributed by atoms with Crippen LogP contribution in [0.3, 0.4) is 0 Å². The van der Waals surface area contributed by atoms with Crippen LogP contribution in [0.4, 0.5) is 0 Å². The number of halogens is 2. The Morgan fingerprint density at radius 1 is 1.40 bits per heavy atom. The number of rotatable bonds is 8. The van der Waals surface area contributed by atoms with Crippen LogP contribution in [0.25, 0.3) is 0 Å². The molecule has 1 aromatic carbocycles. The summed E-state index contributed by atoms with van der Waals surface area (Å²) in [5, 5.41) is 14.1. The first-order valence-electron chi connectivity index (χ1n) is 6.36. The molecule has 0 aliphatic heterocycles. The van der Waals surface area contributed by atoms with Crippen LogP contribution in [-0.2, 0) is 0 Å². The highest BCUT2D eigenvalue weighted by Crippen LogP contribution is 2.27. The smallest absolute Gasteiger partial charge is 0.139 e. The van der Waals surface area contributed by atoms with Crippen LogP contribution in [0.1, 0.15) is 13.8 Å². The van der Waals surface area contributed by atoms with Crippen LogP contribution in [-0.4, -0.2) is 41.9 Å². The molecule has 0 spiro atoms. The first kappa shape index (κ1) is 17.9. The second-order valence-electron chi connectivity index (χ2n) is 5.13. The molecule has 0 aromatic heterocycles. The first-order valence-corrected chi connectivity index (χ1v) is 8.34. The number of thioether (sulfide) groups is 1. The van der Waals surface area contributed by atoms with E-state index in [-0.39, 0.29) is 11.4 Å². The van der Waals surface area contributed by atoms with E-state index in [2.05, 4.69) is 25.4 Å². The highest BCUT2D eigenvalue weighted by molar-refractivity contribution is 7.99. The second kappa shape index (κ2) is 8.35. The molecule has 0 radical (unpaired) electrons. The second-order valence-corrected chi connectivity index (χ2v) is 7.49. The minimum Gasteiger partial charge on any atom is -0.489 e. The topological polar surface area (TPSA) is 41.5 Å². The zero-order chi connectivity index (χ0) is 15.2. The number of benzene rings is 1. The maximum Gasteiger partial charge on any atom is 0.139 e. The van der Waals surface area contributed by atoms with Gasteiger partial charge >= 0.3 is 0 Å². The summed E-state index contributed by atoms with van der Waals surface area (Å²) in [5.74, 6) is 0.489. The van der Waals surface area contributed by atoms with Crippen molar-refractivity contribution >= 4 is 35.0 Å². The van der Waals surface area contributed by atoms with Crippen molar-refractivity contribution in [2.75, 3.05) is 26.0 Å². The van der Waals surface area contributed by atoms with Crippen LogP contribution in [0, 0.1) is 0 Å². The lowest BCUT2D eigenvalue weighted by atomic mass is 10.2. The largest absolute Gasteiger partial charge is 0.489 e. The number of aliphatic hydroxyl groups is 1. The summed E-state index contributed by atoms with van der Waals surface area (Å²) in [5.41, 5.74) is 0. The normalized spacial score (nSPS) is 13.3. The third-order valence-corrected chi connectivity index (χ3v) is 4.60. The predicted octanol–water partition coefficient (Wildman–Crippen LogP) is 3.46. The van der Waals surface area contributed by atoms with Crippen molar-refractivity contribution < 1.29 is 9.84 Å². The molecule has 0 fully saturated rings. The van der Waals surface area contributed by atoms with Crippen LogP contribution in [0.2, 0.25) is 10.0 Å². The molecule has 0 saturated carbocycles. The van der Waals surface area contributed by atoms with Gasteiger partial charge in [0, 0.05) is 28.9 Å². The molecule has 114 valence electrons. The Morgan fingerprint density at radius 3 is 2.75 bits per heavy atom. The molecule has 1 atom stereocenters. The summed E-state index contributed by atoms with van der Waals surface area (Å²) in [6.45, 7) is 5.77. The molecule has 0 aliphatic carbocycles. The van der Waals surface area contributed by atoms with E-state index in [9.17, 15) is 5.11 Å². The van der Waals surface area contributed by atoms with E-state index in [1.807, 2.05) is 0 Å². The fraction of sp³-hybridized carbons (Fsp3) is 0.571. The van der Waals surface area contributed by atoms with Gasteiger partial charge in [-0.05, 0) is 32.2 Å². The summed E-state index contributed by atoms with van der Waals surface area (Å²) < 4.78 is 5.63. The van der Waals surface area contributed by atoms with E-state index in [0.717, 1.165) is 6.54 Å². The van der Waals surface area contributed by atoms with E-state index in [1.54, 1.807) is 30.0 Å². The van der Waals surface area contributed by atoms with Crippen molar-refractivity contribution in [2.45, 2.75) is 24.7 Å². The minimum absolute atomic E-state index is 0.150. The quantitative estimate of drug-likeness (QED) is 0.762. The van der Waals surface area contributed by atoms with E-state index in [1.165, 1.54) is 0 Å². The van der Waals surface area contributed by atoms with Crippen LogP contribution < -0.4 is 10.1 Å². The first-order chi connectivity index (χ1) is 9.34. The molecule has 0 amide bonds. The molecule has 2 N–H and O–H groups in total. The van der Waals surface area contributed by atoms with E-state index >= 15 is 0 Å². The van der Waals surface area contributed by atoms with Gasteiger partial charge in [-0.1, -0.05) is 23.2 Å². The highest BCUT2D eigenvalue weighted by Gasteiger charge is 2.16. The standard InChI is InChI=1S/C14H21Cl2NO2S/c1-14(2,20-3)9-17-7-11(18)8-19-13-6-10(15)4-5-12(13)16/h4-6,11,17-18H,7-9H2,1-3H3. The molecule has 0 bridgehead atoms. The maximum atomic E-state index is 9.87. The van der Waals surface area contributed by atoms with Gasteiger partial charge < -0.3 is 15.2 Å². The predicted molar refractivity (Wildman–Crippen MR) is 88.4 cm³/mol. The molecule has 3 nitrogen and oxygen atoms in total. The third kappa shape index (κ3) is 6.55. The van der Waals surface area contributed by atoms with E-state index in [4.69, 9.17) is 27.9 Å². The summed E-state index contributed by atoms with van der Waals surface area (Å²) in [6, 6.07) is 5.00. The molecule has 1 unspecified atom stereocenters. The average Bonchev–Trinajstić information content (AvgIpc) is 2.39. The zero-order valence-corrected chi connectivity index (χ0v) is 14.3. The van der Waals surface area contributed by atoms with Gasteiger partial charge in [-0.2, -0.15) is 11.8 Å². The van der Waals surface area contributed by atoms with Crippen molar-refractivity contribution in [3.05, 3.63) is 28.2 Å². The van der Waals surface area contributed by atoms with Gasteiger partial charge in [0.05, 0.1) is 5.02 Å². The van der Waals surface area contributed by atoms with Crippen molar-refractivity contribution in [1.82, 2.24) is 5.32 Å². The number of aliphatic hydroxyl groups excluding tert-OH is 1. The van der Waals surface area contributed by atoms with Crippen molar-refractivity contribution in [3.63, 3.8) is 0 Å². The Kier molecular flexibility index (Phi) is 7.48. The summed E-state index contributed by atoms with van der Waals surface area (Å²) >= 11 is 13.6. The van der Waals surface area contributed by atoms with Gasteiger partial charge in [0.15, 0.2) is 0 Å². The van der Waals surface area contributed by atoms with Gasteiger partial charge in [0.1, 0.15) is 18.5 Å². The third-order valence-electron chi connectivity index (χ3n) is 2.81. The average molecular weight is 338 g/mol. The Labute approximate surface area is 135 Å². The SMILES string of the molecule is CSC(C)(C)CNCC(O)COc1cc(Cl)ccc1Cl. The van der Waals surface area contributed by atoms with E-state index in [0.29, 0.717) is 22.3 Å². The maximum absolute atomic E-state index is 9.87. The van der Waals surface area contributed by atoms with Crippen molar-refractivity contribution in [2.24, 2.45) is 0 Å². The van der Waals surface area contributed by atoms with Crippen LogP contribution in [0.5, 0.6) is 5.75 Å². The molecule has 0 heterocycles. The van der Waals surface area contributed by atoms with Crippen LogP contribution >= 0.6 is 35.0 Å². The molecule has 20 heavy (non-hydrogen) atoms. The molecule has 6 heteroatoms.